The highest BCUT2D eigenvalue weighted by Crippen LogP contribution is 2.44. The van der Waals surface area contributed by atoms with Gasteiger partial charge in [-0.05, 0) is 55.7 Å². The number of hydrogen-bond donors (Lipinski definition) is 1. The quantitative estimate of drug-likeness (QED) is 0.431. The van der Waals surface area contributed by atoms with Gasteiger partial charge in [0, 0.05) is 16.5 Å². The minimum absolute atomic E-state index is 0.0446. The molecule has 0 unspecified atom stereocenters. The van der Waals surface area contributed by atoms with Crippen molar-refractivity contribution in [1.29, 1.82) is 0 Å². The van der Waals surface area contributed by atoms with Crippen LogP contribution in [0.2, 0.25) is 0 Å². The van der Waals surface area contributed by atoms with Crippen LogP contribution < -0.4 is 5.32 Å². The summed E-state index contributed by atoms with van der Waals surface area (Å²) in [6.07, 6.45) is 5.76. The molecule has 31 heavy (non-hydrogen) atoms. The largest absolute Gasteiger partial charge is 0.325 e. The van der Waals surface area contributed by atoms with Crippen molar-refractivity contribution < 1.29 is 4.79 Å². The summed E-state index contributed by atoms with van der Waals surface area (Å²) in [6, 6.07) is 9.54. The van der Waals surface area contributed by atoms with Crippen molar-refractivity contribution in [3.8, 4) is 0 Å². The van der Waals surface area contributed by atoms with Crippen LogP contribution in [-0.2, 0) is 17.6 Å². The molecule has 0 spiro atoms. The highest BCUT2D eigenvalue weighted by Gasteiger charge is 2.32. The van der Waals surface area contributed by atoms with Crippen LogP contribution in [0.15, 0.2) is 35.5 Å². The lowest BCUT2D eigenvalue weighted by Crippen LogP contribution is -2.14. The number of nitrogens with zero attached hydrogens (tertiary/aromatic N) is 4. The Morgan fingerprint density at radius 1 is 1.23 bits per heavy atom. The first kappa shape index (κ1) is 19.3. The molecule has 0 bridgehead atoms. The zero-order valence-corrected chi connectivity index (χ0v) is 18.9. The summed E-state index contributed by atoms with van der Waals surface area (Å²) in [5.41, 5.74) is 3.15. The number of carbonyl (C=O) groups excluding carboxylic acids is 1. The fraction of sp³-hybridized carbons (Fsp3) is 0.391. The van der Waals surface area contributed by atoms with Crippen LogP contribution in [0.3, 0.4) is 0 Å². The summed E-state index contributed by atoms with van der Waals surface area (Å²) >= 11 is 3.28. The monoisotopic (exact) mass is 449 g/mol. The molecular formula is C23H23N5OS2. The molecule has 0 aliphatic heterocycles. The predicted molar refractivity (Wildman–Crippen MR) is 125 cm³/mol. The van der Waals surface area contributed by atoms with E-state index in [1.165, 1.54) is 34.0 Å². The van der Waals surface area contributed by atoms with Crippen molar-refractivity contribution in [1.82, 2.24) is 19.6 Å². The van der Waals surface area contributed by atoms with Crippen molar-refractivity contribution >= 4 is 50.6 Å². The second-order valence-electron chi connectivity index (χ2n) is 8.62. The second-order valence-corrected chi connectivity index (χ2v) is 10.6. The summed E-state index contributed by atoms with van der Waals surface area (Å²) in [5, 5.41) is 14.0. The zero-order chi connectivity index (χ0) is 20.9. The smallest absolute Gasteiger partial charge is 0.234 e. The Balaban J connectivity index is 1.36. The fourth-order valence-corrected chi connectivity index (χ4v) is 6.52. The molecule has 6 rings (SSSR count). The molecule has 6 nitrogen and oxygen atoms in total. The molecule has 1 amide bonds. The lowest BCUT2D eigenvalue weighted by Gasteiger charge is -2.17. The number of hydrogen-bond acceptors (Lipinski definition) is 6. The molecule has 4 aromatic rings. The van der Waals surface area contributed by atoms with Crippen molar-refractivity contribution in [2.24, 2.45) is 5.92 Å². The van der Waals surface area contributed by atoms with Crippen molar-refractivity contribution in [3.05, 3.63) is 46.6 Å². The average Bonchev–Trinajstić information content (AvgIpc) is 3.43. The molecule has 2 aliphatic rings. The third kappa shape index (κ3) is 3.51. The van der Waals surface area contributed by atoms with Gasteiger partial charge in [0.15, 0.2) is 10.8 Å². The first-order chi connectivity index (χ1) is 15.2. The SMILES string of the molecule is C[C@@H]1CCc2c(sc3nc(C4CC4)n4c(SCC(=O)Nc5ccccc5)nnc4c23)C1. The minimum Gasteiger partial charge on any atom is -0.325 e. The molecule has 0 radical (unpaired) electrons. The van der Waals surface area contributed by atoms with E-state index in [0.717, 1.165) is 58.7 Å². The molecular weight excluding hydrogens is 426 g/mol. The predicted octanol–water partition coefficient (Wildman–Crippen LogP) is 5.07. The summed E-state index contributed by atoms with van der Waals surface area (Å²) in [6.45, 7) is 2.33. The zero-order valence-electron chi connectivity index (χ0n) is 17.3. The van der Waals surface area contributed by atoms with Crippen molar-refractivity contribution in [2.45, 2.75) is 50.1 Å². The number of anilines is 1. The maximum Gasteiger partial charge on any atom is 0.234 e. The van der Waals surface area contributed by atoms with E-state index in [-0.39, 0.29) is 11.7 Å². The Morgan fingerprint density at radius 3 is 2.87 bits per heavy atom. The Bertz CT molecular complexity index is 1290. The maximum atomic E-state index is 12.5. The molecule has 3 aromatic heterocycles. The topological polar surface area (TPSA) is 72.2 Å². The molecule has 1 aromatic carbocycles. The third-order valence-corrected chi connectivity index (χ3v) is 8.20. The molecule has 158 valence electrons. The summed E-state index contributed by atoms with van der Waals surface area (Å²) < 4.78 is 2.13. The van der Waals surface area contributed by atoms with E-state index in [1.54, 1.807) is 0 Å². The van der Waals surface area contributed by atoms with Gasteiger partial charge < -0.3 is 5.32 Å². The lowest BCUT2D eigenvalue weighted by atomic mass is 9.89. The van der Waals surface area contributed by atoms with Gasteiger partial charge in [0.05, 0.1) is 11.1 Å². The maximum absolute atomic E-state index is 12.5. The molecule has 8 heteroatoms. The summed E-state index contributed by atoms with van der Waals surface area (Å²) in [7, 11) is 0. The Labute approximate surface area is 188 Å². The minimum atomic E-state index is -0.0446. The van der Waals surface area contributed by atoms with E-state index in [2.05, 4.69) is 26.8 Å². The number of amides is 1. The van der Waals surface area contributed by atoms with Gasteiger partial charge in [0.1, 0.15) is 10.7 Å². The number of thiophene rings is 1. The molecule has 1 saturated carbocycles. The molecule has 1 atom stereocenters. The molecule has 2 aliphatic carbocycles. The van der Waals surface area contributed by atoms with Gasteiger partial charge in [-0.2, -0.15) is 0 Å². The molecule has 1 N–H and O–H groups in total. The van der Waals surface area contributed by atoms with E-state index in [1.807, 2.05) is 41.7 Å². The standard InChI is InChI=1S/C23H23N5OS2/c1-13-7-10-16-17(11-13)31-22-19(16)21-26-27-23(28(21)20(25-22)14-8-9-14)30-12-18(29)24-15-5-3-2-4-6-15/h2-6,13-14H,7-12H2,1H3,(H,24,29)/t13-/m1/s1. The van der Waals surface area contributed by atoms with Gasteiger partial charge in [-0.25, -0.2) is 4.98 Å². The number of fused-ring (bicyclic) bond motifs is 5. The van der Waals surface area contributed by atoms with Crippen LogP contribution in [0.4, 0.5) is 5.69 Å². The number of thioether (sulfide) groups is 1. The van der Waals surface area contributed by atoms with Gasteiger partial charge in [-0.3, -0.25) is 9.20 Å². The number of nitrogens with one attached hydrogen (secondary N) is 1. The first-order valence-corrected chi connectivity index (χ1v) is 12.6. The van der Waals surface area contributed by atoms with E-state index >= 15 is 0 Å². The van der Waals surface area contributed by atoms with Crippen LogP contribution in [-0.4, -0.2) is 31.2 Å². The van der Waals surface area contributed by atoms with Crippen LogP contribution in [0.1, 0.15) is 48.4 Å². The van der Waals surface area contributed by atoms with Crippen molar-refractivity contribution in [2.75, 3.05) is 11.1 Å². The number of aryl methyl sites for hydroxylation is 1. The first-order valence-electron chi connectivity index (χ1n) is 10.8. The molecule has 1 fully saturated rings. The van der Waals surface area contributed by atoms with Crippen LogP contribution in [0, 0.1) is 5.92 Å². The number of aromatic nitrogens is 4. The van der Waals surface area contributed by atoms with Gasteiger partial charge >= 0.3 is 0 Å². The molecule has 3 heterocycles. The Morgan fingerprint density at radius 2 is 2.06 bits per heavy atom. The van der Waals surface area contributed by atoms with Gasteiger partial charge in [-0.15, -0.1) is 21.5 Å². The van der Waals surface area contributed by atoms with Gasteiger partial charge in [0.2, 0.25) is 5.91 Å². The van der Waals surface area contributed by atoms with Gasteiger partial charge in [-0.1, -0.05) is 36.9 Å². The van der Waals surface area contributed by atoms with E-state index < -0.39 is 0 Å². The van der Waals surface area contributed by atoms with Crippen LogP contribution in [0.5, 0.6) is 0 Å². The number of para-hydroxylation sites is 1. The molecule has 0 saturated heterocycles. The average molecular weight is 450 g/mol. The van der Waals surface area contributed by atoms with Crippen LogP contribution >= 0.6 is 23.1 Å². The lowest BCUT2D eigenvalue weighted by molar-refractivity contribution is -0.113. The summed E-state index contributed by atoms with van der Waals surface area (Å²) in [4.78, 5) is 20.2. The number of carbonyl (C=O) groups is 1. The van der Waals surface area contributed by atoms with Gasteiger partial charge in [0.25, 0.3) is 0 Å². The van der Waals surface area contributed by atoms with E-state index in [9.17, 15) is 4.79 Å². The normalized spacial score (nSPS) is 18.4. The Hall–Kier alpha value is -2.45. The number of benzene rings is 1. The fourth-order valence-electron chi connectivity index (χ4n) is 4.40. The van der Waals surface area contributed by atoms with Crippen molar-refractivity contribution in [3.63, 3.8) is 0 Å². The van der Waals surface area contributed by atoms with E-state index in [4.69, 9.17) is 4.98 Å². The van der Waals surface area contributed by atoms with Crippen LogP contribution in [0.25, 0.3) is 15.9 Å². The second kappa shape index (κ2) is 7.60. The third-order valence-electron chi connectivity index (χ3n) is 6.13. The number of rotatable bonds is 5. The van der Waals surface area contributed by atoms with E-state index in [0.29, 0.717) is 5.92 Å². The highest BCUT2D eigenvalue weighted by atomic mass is 32.2. The summed E-state index contributed by atoms with van der Waals surface area (Å²) in [5.74, 6) is 2.50. The highest BCUT2D eigenvalue weighted by molar-refractivity contribution is 7.99. The Kier molecular flexibility index (Phi) is 4.72.